The van der Waals surface area contributed by atoms with Crippen LogP contribution >= 0.6 is 15.9 Å². The molecule has 4 rings (SSSR count). The summed E-state index contributed by atoms with van der Waals surface area (Å²) in [6.45, 7) is 2.46. The lowest BCUT2D eigenvalue weighted by Gasteiger charge is -2.30. The molecule has 1 aliphatic rings. The zero-order valence-corrected chi connectivity index (χ0v) is 19.3. The molecule has 5 nitrogen and oxygen atoms in total. The fourth-order valence-electron chi connectivity index (χ4n) is 3.45. The first-order valence-corrected chi connectivity index (χ1v) is 11.2. The average Bonchev–Trinajstić information content (AvgIpc) is 2.79. The van der Waals surface area contributed by atoms with Crippen LogP contribution in [0, 0.1) is 6.92 Å². The number of carbonyl (C=O) groups excluding carboxylic acids is 2. The van der Waals surface area contributed by atoms with Crippen molar-refractivity contribution in [1.29, 1.82) is 0 Å². The Kier molecular flexibility index (Phi) is 6.71. The van der Waals surface area contributed by atoms with Crippen LogP contribution in [-0.2, 0) is 16.0 Å². The van der Waals surface area contributed by atoms with Crippen molar-refractivity contribution in [3.8, 4) is 5.75 Å². The second-order valence-electron chi connectivity index (χ2n) is 7.58. The molecule has 0 saturated carbocycles. The number of nitrogens with zero attached hydrogens (tertiary/aromatic N) is 1. The fraction of sp³-hybridized carbons (Fsp3) is 0.154. The summed E-state index contributed by atoms with van der Waals surface area (Å²) in [4.78, 5) is 27.3. The number of para-hydroxylation sites is 2. The van der Waals surface area contributed by atoms with Crippen molar-refractivity contribution in [3.05, 3.63) is 99.7 Å². The number of carbonyl (C=O) groups is 2. The molecule has 1 N–H and O–H groups in total. The Morgan fingerprint density at radius 3 is 2.53 bits per heavy atom. The third-order valence-corrected chi connectivity index (χ3v) is 5.90. The molecule has 3 aromatic rings. The van der Waals surface area contributed by atoms with E-state index in [0.717, 1.165) is 22.0 Å². The molecule has 3 aromatic carbocycles. The molecule has 0 unspecified atom stereocenters. The molecule has 2 amide bonds. The highest BCUT2D eigenvalue weighted by Gasteiger charge is 2.31. The van der Waals surface area contributed by atoms with Crippen LogP contribution in [0.2, 0.25) is 0 Å². The Balaban J connectivity index is 1.48. The van der Waals surface area contributed by atoms with Crippen molar-refractivity contribution in [2.24, 2.45) is 0 Å². The zero-order chi connectivity index (χ0) is 22.5. The summed E-state index contributed by atoms with van der Waals surface area (Å²) < 4.78 is 6.73. The van der Waals surface area contributed by atoms with Gasteiger partial charge in [0.25, 0.3) is 5.91 Å². The predicted octanol–water partition coefficient (Wildman–Crippen LogP) is 4.88. The largest absolute Gasteiger partial charge is 0.449 e. The van der Waals surface area contributed by atoms with Gasteiger partial charge in [-0.2, -0.15) is 0 Å². The van der Waals surface area contributed by atoms with Crippen molar-refractivity contribution in [2.75, 3.05) is 18.0 Å². The molecule has 0 radical (unpaired) electrons. The van der Waals surface area contributed by atoms with Gasteiger partial charge in [-0.05, 0) is 48.7 Å². The van der Waals surface area contributed by atoms with E-state index in [1.807, 2.05) is 43.3 Å². The minimum Gasteiger partial charge on any atom is -0.449 e. The van der Waals surface area contributed by atoms with Crippen LogP contribution in [-0.4, -0.2) is 24.9 Å². The Hall–Kier alpha value is -3.38. The molecule has 0 bridgehead atoms. The Morgan fingerprint density at radius 1 is 1.03 bits per heavy atom. The Morgan fingerprint density at radius 2 is 1.75 bits per heavy atom. The monoisotopic (exact) mass is 490 g/mol. The number of benzene rings is 3. The van der Waals surface area contributed by atoms with Gasteiger partial charge in [0.1, 0.15) is 6.54 Å². The average molecular weight is 491 g/mol. The van der Waals surface area contributed by atoms with E-state index in [0.29, 0.717) is 18.0 Å². The van der Waals surface area contributed by atoms with Crippen LogP contribution in [0.4, 0.5) is 5.69 Å². The number of hydrogen-bond acceptors (Lipinski definition) is 3. The Labute approximate surface area is 195 Å². The number of hydrogen-bond donors (Lipinski definition) is 1. The number of ether oxygens (including phenoxy) is 1. The van der Waals surface area contributed by atoms with Crippen molar-refractivity contribution in [1.82, 2.24) is 5.32 Å². The van der Waals surface area contributed by atoms with Gasteiger partial charge in [-0.25, -0.2) is 0 Å². The van der Waals surface area contributed by atoms with E-state index in [1.165, 1.54) is 10.5 Å². The van der Waals surface area contributed by atoms with Crippen LogP contribution in [0.1, 0.15) is 16.7 Å². The summed E-state index contributed by atoms with van der Waals surface area (Å²) in [7, 11) is 0. The normalized spacial score (nSPS) is 14.1. The number of amides is 2. The van der Waals surface area contributed by atoms with Crippen molar-refractivity contribution in [2.45, 2.75) is 13.3 Å². The molecule has 1 aliphatic heterocycles. The number of rotatable bonds is 6. The van der Waals surface area contributed by atoms with Crippen LogP contribution in [0.25, 0.3) is 6.08 Å². The van der Waals surface area contributed by atoms with Crippen molar-refractivity contribution < 1.29 is 14.3 Å². The van der Waals surface area contributed by atoms with Gasteiger partial charge in [0.15, 0.2) is 11.5 Å². The SMILES string of the molecule is Cc1ccc(CCNC(=O)CN2C(=O)C(=Cc3ccccc3Br)Oc3ccccc32)cc1. The smallest absolute Gasteiger partial charge is 0.294 e. The van der Waals surface area contributed by atoms with E-state index in [2.05, 4.69) is 45.5 Å². The third kappa shape index (κ3) is 5.08. The van der Waals surface area contributed by atoms with Gasteiger partial charge in [0.2, 0.25) is 5.91 Å². The standard InChI is InChI=1S/C26H23BrN2O3/c1-18-10-12-19(13-11-18)14-15-28-25(30)17-29-22-8-4-5-9-23(22)32-24(26(29)31)16-20-6-2-3-7-21(20)27/h2-13,16H,14-15,17H2,1H3,(H,28,30). The molecular weight excluding hydrogens is 468 g/mol. The van der Waals surface area contributed by atoms with E-state index in [4.69, 9.17) is 4.74 Å². The second-order valence-corrected chi connectivity index (χ2v) is 8.43. The van der Waals surface area contributed by atoms with Crippen LogP contribution in [0.5, 0.6) is 5.75 Å². The molecule has 0 saturated heterocycles. The van der Waals surface area contributed by atoms with E-state index in [9.17, 15) is 9.59 Å². The first-order valence-electron chi connectivity index (χ1n) is 10.4. The van der Waals surface area contributed by atoms with Gasteiger partial charge in [0.05, 0.1) is 5.69 Å². The van der Waals surface area contributed by atoms with E-state index >= 15 is 0 Å². The molecule has 6 heteroatoms. The van der Waals surface area contributed by atoms with Crippen LogP contribution in [0.3, 0.4) is 0 Å². The fourth-order valence-corrected chi connectivity index (χ4v) is 3.85. The molecule has 0 spiro atoms. The quantitative estimate of drug-likeness (QED) is 0.500. The first-order chi connectivity index (χ1) is 15.5. The Bertz CT molecular complexity index is 1170. The van der Waals surface area contributed by atoms with Gasteiger partial charge in [-0.3, -0.25) is 14.5 Å². The molecule has 0 aliphatic carbocycles. The van der Waals surface area contributed by atoms with Gasteiger partial charge in [-0.15, -0.1) is 0 Å². The predicted molar refractivity (Wildman–Crippen MR) is 129 cm³/mol. The maximum atomic E-state index is 13.2. The number of aryl methyl sites for hydroxylation is 1. The number of anilines is 1. The summed E-state index contributed by atoms with van der Waals surface area (Å²) in [6.07, 6.45) is 2.41. The maximum Gasteiger partial charge on any atom is 0.294 e. The van der Waals surface area contributed by atoms with Gasteiger partial charge in [-0.1, -0.05) is 76.1 Å². The van der Waals surface area contributed by atoms with Crippen molar-refractivity contribution in [3.63, 3.8) is 0 Å². The minimum atomic E-state index is -0.354. The summed E-state index contributed by atoms with van der Waals surface area (Å²) in [5, 5.41) is 2.92. The number of nitrogens with one attached hydrogen (secondary N) is 1. The molecule has 0 aromatic heterocycles. The molecule has 32 heavy (non-hydrogen) atoms. The van der Waals surface area contributed by atoms with Gasteiger partial charge >= 0.3 is 0 Å². The molecule has 0 atom stereocenters. The number of fused-ring (bicyclic) bond motifs is 1. The van der Waals surface area contributed by atoms with Gasteiger partial charge in [0, 0.05) is 11.0 Å². The molecule has 0 fully saturated rings. The minimum absolute atomic E-state index is 0.0829. The summed E-state index contributed by atoms with van der Waals surface area (Å²) >= 11 is 3.49. The highest BCUT2D eigenvalue weighted by Crippen LogP contribution is 2.35. The van der Waals surface area contributed by atoms with Crippen molar-refractivity contribution >= 4 is 39.5 Å². The molecule has 1 heterocycles. The summed E-state index contributed by atoms with van der Waals surface area (Å²) in [5.41, 5.74) is 3.75. The van der Waals surface area contributed by atoms with E-state index < -0.39 is 0 Å². The topological polar surface area (TPSA) is 58.6 Å². The molecule has 162 valence electrons. The number of halogens is 1. The summed E-state index contributed by atoms with van der Waals surface area (Å²) in [6, 6.07) is 23.0. The summed E-state index contributed by atoms with van der Waals surface area (Å²) in [5.74, 6) is 0.136. The first kappa shape index (κ1) is 21.8. The van der Waals surface area contributed by atoms with E-state index in [1.54, 1.807) is 18.2 Å². The lowest BCUT2D eigenvalue weighted by molar-refractivity contribution is -0.123. The maximum absolute atomic E-state index is 13.2. The van der Waals surface area contributed by atoms with E-state index in [-0.39, 0.29) is 24.1 Å². The highest BCUT2D eigenvalue weighted by molar-refractivity contribution is 9.10. The van der Waals surface area contributed by atoms with Crippen LogP contribution in [0.15, 0.2) is 83.0 Å². The van der Waals surface area contributed by atoms with Crippen LogP contribution < -0.4 is 15.0 Å². The highest BCUT2D eigenvalue weighted by atomic mass is 79.9. The molecular formula is C26H23BrN2O3. The third-order valence-electron chi connectivity index (χ3n) is 5.18. The van der Waals surface area contributed by atoms with Gasteiger partial charge < -0.3 is 10.1 Å². The lowest BCUT2D eigenvalue weighted by atomic mass is 10.1. The second kappa shape index (κ2) is 9.83. The zero-order valence-electron chi connectivity index (χ0n) is 17.7. The lowest BCUT2D eigenvalue weighted by Crippen LogP contribution is -2.44.